The van der Waals surface area contributed by atoms with Crippen molar-refractivity contribution in [3.05, 3.63) is 11.4 Å². The van der Waals surface area contributed by atoms with Crippen molar-refractivity contribution in [3.63, 3.8) is 0 Å². The first-order valence-corrected chi connectivity index (χ1v) is 7.45. The van der Waals surface area contributed by atoms with Gasteiger partial charge in [0.1, 0.15) is 16.7 Å². The van der Waals surface area contributed by atoms with Crippen LogP contribution in [0.25, 0.3) is 0 Å². The molecule has 17 heavy (non-hydrogen) atoms. The zero-order valence-corrected chi connectivity index (χ0v) is 12.2. The Morgan fingerprint density at radius 1 is 1.12 bits per heavy atom. The molecule has 0 aliphatic heterocycles. The zero-order valence-electron chi connectivity index (χ0n) is 11.3. The van der Waals surface area contributed by atoms with Crippen molar-refractivity contribution in [1.29, 1.82) is 0 Å². The standard InChI is InChI=1S/C13H23N3S/c1-5-8-14-12-10(4)13(17-9-6-2)16-11(7-3)15-12/h5-9H2,1-4H3,(H,14,15,16). The van der Waals surface area contributed by atoms with E-state index in [1.807, 2.05) is 11.8 Å². The summed E-state index contributed by atoms with van der Waals surface area (Å²) in [6.07, 6.45) is 3.18. The van der Waals surface area contributed by atoms with Gasteiger partial charge in [0.25, 0.3) is 0 Å². The molecule has 1 heterocycles. The number of hydrogen-bond donors (Lipinski definition) is 1. The van der Waals surface area contributed by atoms with E-state index in [0.29, 0.717) is 0 Å². The lowest BCUT2D eigenvalue weighted by molar-refractivity contribution is 0.860. The van der Waals surface area contributed by atoms with Gasteiger partial charge in [-0.2, -0.15) is 0 Å². The maximum atomic E-state index is 4.61. The lowest BCUT2D eigenvalue weighted by Crippen LogP contribution is -2.08. The fraction of sp³-hybridized carbons (Fsp3) is 0.692. The Labute approximate surface area is 109 Å². The van der Waals surface area contributed by atoms with Gasteiger partial charge in [-0.15, -0.1) is 11.8 Å². The minimum absolute atomic E-state index is 0.890. The number of aryl methyl sites for hydroxylation is 1. The summed E-state index contributed by atoms with van der Waals surface area (Å²) in [6, 6.07) is 0. The lowest BCUT2D eigenvalue weighted by Gasteiger charge is -2.12. The number of aromatic nitrogens is 2. The Morgan fingerprint density at radius 2 is 1.88 bits per heavy atom. The average molecular weight is 253 g/mol. The molecule has 0 amide bonds. The third-order valence-corrected chi connectivity index (χ3v) is 3.73. The largest absolute Gasteiger partial charge is 0.370 e. The van der Waals surface area contributed by atoms with Crippen LogP contribution in [0.2, 0.25) is 0 Å². The number of anilines is 1. The highest BCUT2D eigenvalue weighted by Crippen LogP contribution is 2.25. The van der Waals surface area contributed by atoms with Gasteiger partial charge in [-0.25, -0.2) is 9.97 Å². The van der Waals surface area contributed by atoms with Gasteiger partial charge in [-0.05, 0) is 25.5 Å². The molecular formula is C13H23N3S. The molecule has 0 saturated heterocycles. The topological polar surface area (TPSA) is 37.8 Å². The van der Waals surface area contributed by atoms with Crippen molar-refractivity contribution in [1.82, 2.24) is 9.97 Å². The Hall–Kier alpha value is -0.770. The van der Waals surface area contributed by atoms with E-state index < -0.39 is 0 Å². The number of thioether (sulfide) groups is 1. The van der Waals surface area contributed by atoms with E-state index in [1.54, 1.807) is 0 Å². The van der Waals surface area contributed by atoms with E-state index in [0.717, 1.165) is 41.8 Å². The monoisotopic (exact) mass is 253 g/mol. The molecule has 0 bridgehead atoms. The molecule has 1 N–H and O–H groups in total. The summed E-state index contributed by atoms with van der Waals surface area (Å²) in [4.78, 5) is 9.17. The molecule has 96 valence electrons. The second kappa shape index (κ2) is 7.54. The minimum Gasteiger partial charge on any atom is -0.370 e. The van der Waals surface area contributed by atoms with Gasteiger partial charge in [0.2, 0.25) is 0 Å². The SMILES string of the molecule is CCCNc1nc(CC)nc(SCCC)c1C. The van der Waals surface area contributed by atoms with Gasteiger partial charge in [-0.3, -0.25) is 0 Å². The number of nitrogens with one attached hydrogen (secondary N) is 1. The summed E-state index contributed by atoms with van der Waals surface area (Å²) in [5.74, 6) is 3.07. The van der Waals surface area contributed by atoms with Crippen LogP contribution < -0.4 is 5.32 Å². The highest BCUT2D eigenvalue weighted by atomic mass is 32.2. The molecule has 0 aromatic carbocycles. The zero-order chi connectivity index (χ0) is 12.7. The predicted octanol–water partition coefficient (Wildman–Crippen LogP) is 3.67. The van der Waals surface area contributed by atoms with E-state index in [-0.39, 0.29) is 0 Å². The minimum atomic E-state index is 0.890. The highest BCUT2D eigenvalue weighted by Gasteiger charge is 2.09. The Kier molecular flexibility index (Phi) is 6.34. The normalized spacial score (nSPS) is 10.6. The lowest BCUT2D eigenvalue weighted by atomic mass is 10.3. The van der Waals surface area contributed by atoms with Crippen LogP contribution in [0.1, 0.15) is 45.0 Å². The van der Waals surface area contributed by atoms with Crippen molar-refractivity contribution in [3.8, 4) is 0 Å². The summed E-state index contributed by atoms with van der Waals surface area (Å²) < 4.78 is 0. The van der Waals surface area contributed by atoms with Crippen molar-refractivity contribution in [2.45, 2.75) is 52.0 Å². The number of hydrogen-bond acceptors (Lipinski definition) is 4. The van der Waals surface area contributed by atoms with Crippen molar-refractivity contribution in [2.75, 3.05) is 17.6 Å². The Balaban J connectivity index is 2.94. The quantitative estimate of drug-likeness (QED) is 0.594. The van der Waals surface area contributed by atoms with E-state index in [1.165, 1.54) is 12.0 Å². The first-order valence-electron chi connectivity index (χ1n) is 6.47. The van der Waals surface area contributed by atoms with Crippen LogP contribution in [-0.2, 0) is 6.42 Å². The van der Waals surface area contributed by atoms with Gasteiger partial charge in [0, 0.05) is 18.5 Å². The predicted molar refractivity (Wildman–Crippen MR) is 75.9 cm³/mol. The van der Waals surface area contributed by atoms with Crippen LogP contribution in [0.15, 0.2) is 5.03 Å². The van der Waals surface area contributed by atoms with Crippen LogP contribution in [-0.4, -0.2) is 22.3 Å². The maximum Gasteiger partial charge on any atom is 0.133 e. The molecule has 0 spiro atoms. The molecule has 0 unspecified atom stereocenters. The second-order valence-corrected chi connectivity index (χ2v) is 5.13. The molecule has 0 aliphatic carbocycles. The molecule has 0 saturated carbocycles. The third-order valence-electron chi connectivity index (χ3n) is 2.45. The molecule has 1 rings (SSSR count). The fourth-order valence-corrected chi connectivity index (χ4v) is 2.33. The summed E-state index contributed by atoms with van der Waals surface area (Å²) in [5.41, 5.74) is 1.19. The van der Waals surface area contributed by atoms with Crippen molar-refractivity contribution < 1.29 is 0 Å². The van der Waals surface area contributed by atoms with Crippen LogP contribution in [0.3, 0.4) is 0 Å². The summed E-state index contributed by atoms with van der Waals surface area (Å²) in [7, 11) is 0. The smallest absolute Gasteiger partial charge is 0.133 e. The molecule has 1 aromatic heterocycles. The van der Waals surface area contributed by atoms with Gasteiger partial charge >= 0.3 is 0 Å². The molecule has 3 nitrogen and oxygen atoms in total. The molecule has 0 fully saturated rings. The summed E-state index contributed by atoms with van der Waals surface area (Å²) in [5, 5.41) is 4.53. The average Bonchev–Trinajstić information content (AvgIpc) is 2.36. The second-order valence-electron chi connectivity index (χ2n) is 4.05. The van der Waals surface area contributed by atoms with Gasteiger partial charge < -0.3 is 5.32 Å². The first-order chi connectivity index (χ1) is 8.22. The molecule has 0 radical (unpaired) electrons. The first kappa shape index (κ1) is 14.3. The van der Waals surface area contributed by atoms with E-state index in [4.69, 9.17) is 0 Å². The highest BCUT2D eigenvalue weighted by molar-refractivity contribution is 7.99. The number of nitrogens with zero attached hydrogens (tertiary/aromatic N) is 2. The van der Waals surface area contributed by atoms with Crippen LogP contribution in [0, 0.1) is 6.92 Å². The summed E-state index contributed by atoms with van der Waals surface area (Å²) in [6.45, 7) is 9.54. The third kappa shape index (κ3) is 4.19. The molecule has 4 heteroatoms. The van der Waals surface area contributed by atoms with Gasteiger partial charge in [0.05, 0.1) is 0 Å². The van der Waals surface area contributed by atoms with Crippen LogP contribution >= 0.6 is 11.8 Å². The fourth-order valence-electron chi connectivity index (χ4n) is 1.45. The van der Waals surface area contributed by atoms with Gasteiger partial charge in [0.15, 0.2) is 0 Å². The van der Waals surface area contributed by atoms with Crippen LogP contribution in [0.5, 0.6) is 0 Å². The molecule has 1 aromatic rings. The van der Waals surface area contributed by atoms with E-state index in [2.05, 4.69) is 43.0 Å². The molecule has 0 aliphatic rings. The maximum absolute atomic E-state index is 4.61. The van der Waals surface area contributed by atoms with E-state index >= 15 is 0 Å². The number of rotatable bonds is 7. The molecular weight excluding hydrogens is 230 g/mol. The van der Waals surface area contributed by atoms with Crippen molar-refractivity contribution in [2.24, 2.45) is 0 Å². The summed E-state index contributed by atoms with van der Waals surface area (Å²) >= 11 is 1.83. The van der Waals surface area contributed by atoms with Gasteiger partial charge in [-0.1, -0.05) is 20.8 Å². The Bertz CT molecular complexity index is 324. The molecule has 0 atom stereocenters. The van der Waals surface area contributed by atoms with Crippen LogP contribution in [0.4, 0.5) is 5.82 Å². The van der Waals surface area contributed by atoms with E-state index in [9.17, 15) is 0 Å². The van der Waals surface area contributed by atoms with Crippen molar-refractivity contribution >= 4 is 17.6 Å². The Morgan fingerprint density at radius 3 is 2.47 bits per heavy atom.